The Labute approximate surface area is 183 Å². The van der Waals surface area contributed by atoms with E-state index in [9.17, 15) is 0 Å². The highest BCUT2D eigenvalue weighted by Gasteiger charge is 2.11. The fourth-order valence-electron chi connectivity index (χ4n) is 2.63. The molecule has 1 heterocycles. The normalized spacial score (nSPS) is 11.2. The highest BCUT2D eigenvalue weighted by atomic mass is 127. The van der Waals surface area contributed by atoms with Crippen molar-refractivity contribution in [2.45, 2.75) is 31.8 Å². The Kier molecular flexibility index (Phi) is 11.5. The Bertz CT molecular complexity index is 706. The number of aromatic nitrogens is 2. The van der Waals surface area contributed by atoms with Crippen LogP contribution in [0.2, 0.25) is 0 Å². The second-order valence-electron chi connectivity index (χ2n) is 5.88. The summed E-state index contributed by atoms with van der Waals surface area (Å²) < 4.78 is 7.15. The predicted octanol–water partition coefficient (Wildman–Crippen LogP) is 3.22. The molecule has 0 saturated heterocycles. The standard InChI is InChI=1S/C19H29N5OS.HI/c1-15-18(16(2)24(23-15)11-12-25-4)14-22-19(20-3)21-10-13-26-17-8-6-5-7-9-17;/h5-9H,10-14H2,1-4H3,(H2,20,21,22);1H. The molecule has 2 rings (SSSR count). The number of guanidine groups is 1. The van der Waals surface area contributed by atoms with Crippen molar-refractivity contribution in [2.24, 2.45) is 4.99 Å². The maximum Gasteiger partial charge on any atom is 0.191 e. The Balaban J connectivity index is 0.00000364. The van der Waals surface area contributed by atoms with E-state index in [1.807, 2.05) is 29.4 Å². The van der Waals surface area contributed by atoms with E-state index in [0.717, 1.165) is 30.5 Å². The van der Waals surface area contributed by atoms with E-state index in [4.69, 9.17) is 4.74 Å². The number of aliphatic imine (C=N–C) groups is 1. The van der Waals surface area contributed by atoms with Crippen LogP contribution >= 0.6 is 35.7 Å². The molecule has 0 fully saturated rings. The fraction of sp³-hybridized carbons (Fsp3) is 0.474. The molecule has 0 bridgehead atoms. The molecule has 2 aromatic rings. The van der Waals surface area contributed by atoms with Crippen molar-refractivity contribution in [1.29, 1.82) is 0 Å². The molecule has 0 atom stereocenters. The summed E-state index contributed by atoms with van der Waals surface area (Å²) in [6, 6.07) is 10.4. The average molecular weight is 503 g/mol. The quantitative estimate of drug-likeness (QED) is 0.181. The minimum atomic E-state index is 0. The van der Waals surface area contributed by atoms with Crippen LogP contribution in [0.25, 0.3) is 0 Å². The predicted molar refractivity (Wildman–Crippen MR) is 124 cm³/mol. The lowest BCUT2D eigenvalue weighted by Crippen LogP contribution is -2.38. The summed E-state index contributed by atoms with van der Waals surface area (Å²) in [4.78, 5) is 5.59. The number of ether oxygens (including phenoxy) is 1. The van der Waals surface area contributed by atoms with Gasteiger partial charge in [0.2, 0.25) is 0 Å². The van der Waals surface area contributed by atoms with Crippen molar-refractivity contribution in [3.05, 3.63) is 47.3 Å². The Morgan fingerprint density at radius 2 is 1.96 bits per heavy atom. The van der Waals surface area contributed by atoms with Gasteiger partial charge in [0.1, 0.15) is 0 Å². The summed E-state index contributed by atoms with van der Waals surface area (Å²) in [6.07, 6.45) is 0. The van der Waals surface area contributed by atoms with Gasteiger partial charge < -0.3 is 15.4 Å². The van der Waals surface area contributed by atoms with Crippen molar-refractivity contribution in [2.75, 3.05) is 33.1 Å². The van der Waals surface area contributed by atoms with E-state index in [1.165, 1.54) is 16.2 Å². The fourth-order valence-corrected chi connectivity index (χ4v) is 3.42. The second kappa shape index (κ2) is 13.0. The van der Waals surface area contributed by atoms with Crippen LogP contribution in [-0.2, 0) is 17.8 Å². The summed E-state index contributed by atoms with van der Waals surface area (Å²) in [5, 5.41) is 11.3. The first-order valence-electron chi connectivity index (χ1n) is 8.80. The number of methoxy groups -OCH3 is 1. The van der Waals surface area contributed by atoms with Gasteiger partial charge in [-0.2, -0.15) is 5.10 Å². The molecule has 8 heteroatoms. The van der Waals surface area contributed by atoms with Gasteiger partial charge in [0.05, 0.1) is 18.8 Å². The molecule has 150 valence electrons. The molecule has 27 heavy (non-hydrogen) atoms. The third kappa shape index (κ3) is 7.71. The van der Waals surface area contributed by atoms with Gasteiger partial charge in [0, 0.05) is 49.2 Å². The van der Waals surface area contributed by atoms with Gasteiger partial charge in [-0.1, -0.05) is 18.2 Å². The molecule has 1 aromatic heterocycles. The molecule has 0 aliphatic carbocycles. The molecule has 0 spiro atoms. The zero-order valence-corrected chi connectivity index (χ0v) is 19.6. The van der Waals surface area contributed by atoms with Crippen LogP contribution < -0.4 is 10.6 Å². The van der Waals surface area contributed by atoms with Crippen LogP contribution in [0.3, 0.4) is 0 Å². The van der Waals surface area contributed by atoms with Crippen LogP contribution in [0.4, 0.5) is 0 Å². The zero-order chi connectivity index (χ0) is 18.8. The lowest BCUT2D eigenvalue weighted by molar-refractivity contribution is 0.182. The van der Waals surface area contributed by atoms with E-state index in [-0.39, 0.29) is 24.0 Å². The summed E-state index contributed by atoms with van der Waals surface area (Å²) >= 11 is 1.83. The van der Waals surface area contributed by atoms with Crippen molar-refractivity contribution < 1.29 is 4.74 Å². The van der Waals surface area contributed by atoms with Crippen molar-refractivity contribution in [1.82, 2.24) is 20.4 Å². The van der Waals surface area contributed by atoms with Crippen LogP contribution in [0, 0.1) is 13.8 Å². The van der Waals surface area contributed by atoms with Crippen molar-refractivity contribution in [3.8, 4) is 0 Å². The topological polar surface area (TPSA) is 63.5 Å². The maximum absolute atomic E-state index is 5.14. The lowest BCUT2D eigenvalue weighted by atomic mass is 10.2. The number of hydrogen-bond donors (Lipinski definition) is 2. The van der Waals surface area contributed by atoms with Crippen LogP contribution in [0.5, 0.6) is 0 Å². The first-order chi connectivity index (χ1) is 12.7. The molecule has 0 saturated carbocycles. The van der Waals surface area contributed by atoms with Gasteiger partial charge in [-0.25, -0.2) is 0 Å². The number of aryl methyl sites for hydroxylation is 1. The molecule has 0 radical (unpaired) electrons. The molecular formula is C19H30IN5OS. The minimum Gasteiger partial charge on any atom is -0.383 e. The third-order valence-corrected chi connectivity index (χ3v) is 5.11. The van der Waals surface area contributed by atoms with E-state index in [2.05, 4.69) is 51.9 Å². The average Bonchev–Trinajstić information content (AvgIpc) is 2.93. The van der Waals surface area contributed by atoms with E-state index < -0.39 is 0 Å². The SMILES string of the molecule is CN=C(NCCSc1ccccc1)NCc1c(C)nn(CCOC)c1C.I. The highest BCUT2D eigenvalue weighted by Crippen LogP contribution is 2.16. The van der Waals surface area contributed by atoms with Gasteiger partial charge in [-0.15, -0.1) is 35.7 Å². The Hall–Kier alpha value is -1.26. The van der Waals surface area contributed by atoms with Crippen molar-refractivity contribution >= 4 is 41.7 Å². The molecule has 0 aliphatic heterocycles. The number of hydrogen-bond acceptors (Lipinski definition) is 4. The summed E-state index contributed by atoms with van der Waals surface area (Å²) in [6.45, 7) is 7.13. The van der Waals surface area contributed by atoms with Gasteiger partial charge in [0.15, 0.2) is 5.96 Å². The largest absolute Gasteiger partial charge is 0.383 e. The molecular weight excluding hydrogens is 473 g/mol. The molecule has 0 unspecified atom stereocenters. The smallest absolute Gasteiger partial charge is 0.191 e. The first-order valence-corrected chi connectivity index (χ1v) is 9.78. The highest BCUT2D eigenvalue weighted by molar-refractivity contribution is 14.0. The van der Waals surface area contributed by atoms with E-state index in [0.29, 0.717) is 13.2 Å². The molecule has 0 amide bonds. The van der Waals surface area contributed by atoms with Crippen LogP contribution in [0.1, 0.15) is 17.0 Å². The van der Waals surface area contributed by atoms with Gasteiger partial charge >= 0.3 is 0 Å². The van der Waals surface area contributed by atoms with Gasteiger partial charge in [0.25, 0.3) is 0 Å². The maximum atomic E-state index is 5.14. The first kappa shape index (κ1) is 23.8. The van der Waals surface area contributed by atoms with E-state index >= 15 is 0 Å². The Morgan fingerprint density at radius 1 is 1.22 bits per heavy atom. The molecule has 2 N–H and O–H groups in total. The summed E-state index contributed by atoms with van der Waals surface area (Å²) in [5.41, 5.74) is 3.42. The molecule has 6 nitrogen and oxygen atoms in total. The van der Waals surface area contributed by atoms with Gasteiger partial charge in [-0.3, -0.25) is 9.67 Å². The van der Waals surface area contributed by atoms with Crippen LogP contribution in [-0.4, -0.2) is 48.8 Å². The number of halogens is 1. The number of rotatable bonds is 9. The minimum absolute atomic E-state index is 0. The number of benzene rings is 1. The number of nitrogens with one attached hydrogen (secondary N) is 2. The number of nitrogens with zero attached hydrogens (tertiary/aromatic N) is 3. The summed E-state index contributed by atoms with van der Waals surface area (Å²) in [5.74, 6) is 1.79. The molecule has 1 aromatic carbocycles. The monoisotopic (exact) mass is 503 g/mol. The lowest BCUT2D eigenvalue weighted by Gasteiger charge is -2.12. The van der Waals surface area contributed by atoms with E-state index in [1.54, 1.807) is 14.2 Å². The zero-order valence-electron chi connectivity index (χ0n) is 16.5. The summed E-state index contributed by atoms with van der Waals surface area (Å²) in [7, 11) is 3.50. The number of thioether (sulfide) groups is 1. The van der Waals surface area contributed by atoms with Crippen LogP contribution in [0.15, 0.2) is 40.2 Å². The third-order valence-electron chi connectivity index (χ3n) is 4.10. The van der Waals surface area contributed by atoms with Crippen molar-refractivity contribution in [3.63, 3.8) is 0 Å². The Morgan fingerprint density at radius 3 is 2.63 bits per heavy atom. The molecule has 0 aliphatic rings. The second-order valence-corrected chi connectivity index (χ2v) is 7.05. The van der Waals surface area contributed by atoms with Gasteiger partial charge in [-0.05, 0) is 26.0 Å².